The fraction of sp³-hybridized carbons (Fsp3) is 0.464. The zero-order valence-electron chi connectivity index (χ0n) is 21.6. The smallest absolute Gasteiger partial charge is 0.250 e. The molecule has 0 aromatic heterocycles. The van der Waals surface area contributed by atoms with Gasteiger partial charge >= 0.3 is 0 Å². The molecule has 0 radical (unpaired) electrons. The van der Waals surface area contributed by atoms with Gasteiger partial charge in [-0.3, -0.25) is 14.4 Å². The molecule has 3 unspecified atom stereocenters. The number of benzene rings is 2. The number of anilines is 2. The molecule has 9 nitrogen and oxygen atoms in total. The predicted molar refractivity (Wildman–Crippen MR) is 142 cm³/mol. The van der Waals surface area contributed by atoms with Gasteiger partial charge in [0.15, 0.2) is 0 Å². The second kappa shape index (κ2) is 9.87. The van der Waals surface area contributed by atoms with Crippen molar-refractivity contribution in [1.29, 1.82) is 0 Å². The molecule has 5 rings (SSSR count). The highest BCUT2D eigenvalue weighted by atomic mass is 35.5. The van der Waals surface area contributed by atoms with Gasteiger partial charge in [0.1, 0.15) is 17.4 Å². The molecule has 3 fully saturated rings. The van der Waals surface area contributed by atoms with Crippen molar-refractivity contribution in [3.8, 4) is 5.75 Å². The Bertz CT molecular complexity index is 1240. The number of fused-ring (bicyclic) bond motifs is 1. The third-order valence-corrected chi connectivity index (χ3v) is 8.48. The molecular formula is C28H32ClN3O6. The Morgan fingerprint density at radius 1 is 1.11 bits per heavy atom. The van der Waals surface area contributed by atoms with E-state index in [9.17, 15) is 19.5 Å². The second-order valence-electron chi connectivity index (χ2n) is 10.4. The molecule has 3 saturated heterocycles. The van der Waals surface area contributed by atoms with Gasteiger partial charge in [-0.05, 0) is 74.7 Å². The largest absolute Gasteiger partial charge is 0.494 e. The maximum absolute atomic E-state index is 13.8. The summed E-state index contributed by atoms with van der Waals surface area (Å²) in [4.78, 5) is 42.7. The average Bonchev–Trinajstić information content (AvgIpc) is 3.39. The van der Waals surface area contributed by atoms with Crippen LogP contribution in [0.3, 0.4) is 0 Å². The Morgan fingerprint density at radius 3 is 2.32 bits per heavy atom. The number of nitrogens with zero attached hydrogens (tertiary/aromatic N) is 1. The minimum absolute atomic E-state index is 0.0442. The predicted octanol–water partition coefficient (Wildman–Crippen LogP) is 3.32. The van der Waals surface area contributed by atoms with Gasteiger partial charge < -0.3 is 30.1 Å². The normalized spacial score (nSPS) is 31.3. The van der Waals surface area contributed by atoms with Crippen LogP contribution in [-0.4, -0.2) is 64.7 Å². The van der Waals surface area contributed by atoms with Crippen LogP contribution in [0, 0.1) is 17.8 Å². The number of hydrogen-bond donors (Lipinski definition) is 3. The highest BCUT2D eigenvalue weighted by Gasteiger charge is 2.79. The highest BCUT2D eigenvalue weighted by Crippen LogP contribution is 2.65. The lowest BCUT2D eigenvalue weighted by molar-refractivity contribution is -0.144. The number of carbonyl (C=O) groups is 3. The molecule has 3 aliphatic heterocycles. The topological polar surface area (TPSA) is 117 Å². The number of amides is 3. The molecule has 3 amide bonds. The van der Waals surface area contributed by atoms with Crippen LogP contribution in [0.15, 0.2) is 48.5 Å². The number of aliphatic hydroxyl groups excluding tert-OH is 1. The maximum Gasteiger partial charge on any atom is 0.250 e. The first-order valence-corrected chi connectivity index (χ1v) is 13.2. The van der Waals surface area contributed by atoms with Gasteiger partial charge in [-0.25, -0.2) is 0 Å². The van der Waals surface area contributed by atoms with E-state index in [1.54, 1.807) is 48.5 Å². The summed E-state index contributed by atoms with van der Waals surface area (Å²) in [5.41, 5.74) is -1.05. The molecule has 0 saturated carbocycles. The Balaban J connectivity index is 1.47. The van der Waals surface area contributed by atoms with Crippen LogP contribution in [0.4, 0.5) is 11.4 Å². The van der Waals surface area contributed by atoms with Crippen molar-refractivity contribution < 1.29 is 29.0 Å². The summed E-state index contributed by atoms with van der Waals surface area (Å²) in [5, 5.41) is 16.1. The van der Waals surface area contributed by atoms with Crippen molar-refractivity contribution in [1.82, 2.24) is 4.90 Å². The molecule has 2 aromatic carbocycles. The quantitative estimate of drug-likeness (QED) is 0.472. The van der Waals surface area contributed by atoms with E-state index in [2.05, 4.69) is 10.6 Å². The van der Waals surface area contributed by atoms with Gasteiger partial charge in [0, 0.05) is 22.9 Å². The maximum atomic E-state index is 13.8. The SMILES string of the molecule is CCOc1ccc(NC(=O)[C@@H]2[C@H]3C(=O)N(CCO)C(C(=O)Nc4ccc(Cl)cc4)C34CC(C)[C@@]2(C)O4)cc1. The Kier molecular flexibility index (Phi) is 6.87. The molecule has 3 heterocycles. The van der Waals surface area contributed by atoms with Gasteiger partial charge in [0.2, 0.25) is 17.7 Å². The average molecular weight is 542 g/mol. The van der Waals surface area contributed by atoms with Gasteiger partial charge in [0.05, 0.1) is 30.7 Å². The van der Waals surface area contributed by atoms with Gasteiger partial charge in [0.25, 0.3) is 0 Å². The third-order valence-electron chi connectivity index (χ3n) is 8.23. The monoisotopic (exact) mass is 541 g/mol. The number of hydrogen-bond acceptors (Lipinski definition) is 6. The van der Waals surface area contributed by atoms with E-state index >= 15 is 0 Å². The molecule has 6 atom stereocenters. The molecular weight excluding hydrogens is 510 g/mol. The van der Waals surface area contributed by atoms with Crippen molar-refractivity contribution in [3.05, 3.63) is 53.6 Å². The van der Waals surface area contributed by atoms with Crippen LogP contribution in [0.2, 0.25) is 5.02 Å². The summed E-state index contributed by atoms with van der Waals surface area (Å²) in [6.45, 7) is 5.89. The van der Waals surface area contributed by atoms with Crippen LogP contribution in [-0.2, 0) is 19.1 Å². The van der Waals surface area contributed by atoms with Crippen molar-refractivity contribution in [3.63, 3.8) is 0 Å². The van der Waals surface area contributed by atoms with E-state index in [0.29, 0.717) is 35.2 Å². The van der Waals surface area contributed by atoms with E-state index in [-0.39, 0.29) is 30.9 Å². The summed E-state index contributed by atoms with van der Waals surface area (Å²) in [6.07, 6.45) is 0.438. The lowest BCUT2D eigenvalue weighted by Gasteiger charge is -2.36. The minimum Gasteiger partial charge on any atom is -0.494 e. The molecule has 1 spiro atoms. The number of β-amino-alcohol motifs (C(OH)–C–C–N with tert-alkyl or cyclic N) is 1. The van der Waals surface area contributed by atoms with E-state index in [4.69, 9.17) is 21.1 Å². The highest BCUT2D eigenvalue weighted by molar-refractivity contribution is 6.30. The second-order valence-corrected chi connectivity index (χ2v) is 10.8. The Hall–Kier alpha value is -3.14. The summed E-state index contributed by atoms with van der Waals surface area (Å²) in [5.74, 6) is -2.22. The lowest BCUT2D eigenvalue weighted by atomic mass is 9.62. The van der Waals surface area contributed by atoms with Crippen molar-refractivity contribution in [2.45, 2.75) is 44.4 Å². The molecule has 3 aliphatic rings. The fourth-order valence-corrected chi connectivity index (χ4v) is 6.68. The van der Waals surface area contributed by atoms with Crippen molar-refractivity contribution in [2.24, 2.45) is 17.8 Å². The number of halogens is 1. The first-order chi connectivity index (χ1) is 18.1. The lowest BCUT2D eigenvalue weighted by Crippen LogP contribution is -2.54. The molecule has 0 aliphatic carbocycles. The first-order valence-electron chi connectivity index (χ1n) is 12.9. The molecule has 38 heavy (non-hydrogen) atoms. The number of carbonyl (C=O) groups excluding carboxylic acids is 3. The number of rotatable bonds is 8. The first kappa shape index (κ1) is 26.5. The van der Waals surface area contributed by atoms with Crippen LogP contribution >= 0.6 is 11.6 Å². The van der Waals surface area contributed by atoms with Gasteiger partial charge in [-0.1, -0.05) is 18.5 Å². The van der Waals surface area contributed by atoms with E-state index in [1.807, 2.05) is 20.8 Å². The Morgan fingerprint density at radius 2 is 1.71 bits per heavy atom. The molecule has 2 aromatic rings. The molecule has 10 heteroatoms. The molecule has 2 bridgehead atoms. The zero-order chi connectivity index (χ0) is 27.2. The van der Waals surface area contributed by atoms with Crippen LogP contribution < -0.4 is 15.4 Å². The van der Waals surface area contributed by atoms with Crippen molar-refractivity contribution in [2.75, 3.05) is 30.4 Å². The summed E-state index contributed by atoms with van der Waals surface area (Å²) < 4.78 is 12.1. The van der Waals surface area contributed by atoms with Gasteiger partial charge in [-0.15, -0.1) is 0 Å². The van der Waals surface area contributed by atoms with Crippen LogP contribution in [0.5, 0.6) is 5.75 Å². The van der Waals surface area contributed by atoms with Crippen LogP contribution in [0.1, 0.15) is 27.2 Å². The zero-order valence-corrected chi connectivity index (χ0v) is 22.3. The van der Waals surface area contributed by atoms with E-state index < -0.39 is 35.0 Å². The van der Waals surface area contributed by atoms with E-state index in [1.165, 1.54) is 4.90 Å². The van der Waals surface area contributed by atoms with Crippen LogP contribution in [0.25, 0.3) is 0 Å². The number of nitrogens with one attached hydrogen (secondary N) is 2. The number of likely N-dealkylation sites (tertiary alicyclic amines) is 1. The minimum atomic E-state index is -1.20. The number of aliphatic hydroxyl groups is 1. The Labute approximate surface area is 226 Å². The fourth-order valence-electron chi connectivity index (χ4n) is 6.55. The van der Waals surface area contributed by atoms with Gasteiger partial charge in [-0.2, -0.15) is 0 Å². The van der Waals surface area contributed by atoms with E-state index in [0.717, 1.165) is 0 Å². The summed E-state index contributed by atoms with van der Waals surface area (Å²) in [7, 11) is 0. The summed E-state index contributed by atoms with van der Waals surface area (Å²) >= 11 is 5.98. The standard InChI is InChI=1S/C28H32ClN3O6/c1-4-37-20-11-9-19(10-12-20)30-24(34)21-22-26(36)32(13-14-33)23(28(22)15-16(2)27(21,3)38-28)25(35)31-18-7-5-17(29)6-8-18/h5-12,16,21-23,33H,4,13-15H2,1-3H3,(H,30,34)(H,31,35)/t16?,21-,22-,23?,27+,28?/m0/s1. The van der Waals surface area contributed by atoms with Crippen molar-refractivity contribution >= 4 is 40.7 Å². The molecule has 202 valence electrons. The number of ether oxygens (including phenoxy) is 2. The summed E-state index contributed by atoms with van der Waals surface area (Å²) in [6, 6.07) is 12.7. The molecule has 3 N–H and O–H groups in total. The third kappa shape index (κ3) is 4.13.